The zero-order chi connectivity index (χ0) is 22.9. The molecule has 184 valence electrons. The molecule has 2 fully saturated rings. The van der Waals surface area contributed by atoms with Crippen LogP contribution in [0.15, 0.2) is 59.6 Å². The van der Waals surface area contributed by atoms with Crippen LogP contribution in [0.1, 0.15) is 30.9 Å². The van der Waals surface area contributed by atoms with Gasteiger partial charge in [-0.2, -0.15) is 0 Å². The van der Waals surface area contributed by atoms with Crippen molar-refractivity contribution < 1.29 is 9.53 Å². The number of ether oxygens (including phenoxy) is 1. The predicted octanol–water partition coefficient (Wildman–Crippen LogP) is 3.71. The zero-order valence-electron chi connectivity index (χ0n) is 19.9. The van der Waals surface area contributed by atoms with Crippen LogP contribution in [0.25, 0.3) is 0 Å². The molecule has 7 nitrogen and oxygen atoms in total. The van der Waals surface area contributed by atoms with Crippen molar-refractivity contribution >= 4 is 41.5 Å². The van der Waals surface area contributed by atoms with Crippen LogP contribution in [-0.4, -0.2) is 67.1 Å². The van der Waals surface area contributed by atoms with E-state index in [0.717, 1.165) is 69.3 Å². The highest BCUT2D eigenvalue weighted by molar-refractivity contribution is 14.0. The number of carbonyl (C=O) groups is 1. The summed E-state index contributed by atoms with van der Waals surface area (Å²) in [4.78, 5) is 22.1. The van der Waals surface area contributed by atoms with E-state index in [1.54, 1.807) is 0 Å². The molecule has 2 aliphatic rings. The minimum absolute atomic E-state index is 0. The number of halogens is 1. The number of rotatable bonds is 7. The number of hydrogen-bond donors (Lipinski definition) is 2. The summed E-state index contributed by atoms with van der Waals surface area (Å²) in [6, 6.07) is 18.6. The van der Waals surface area contributed by atoms with Crippen LogP contribution in [0.2, 0.25) is 0 Å². The fraction of sp³-hybridized carbons (Fsp3) is 0.462. The zero-order valence-corrected chi connectivity index (χ0v) is 22.2. The Bertz CT molecular complexity index is 926. The van der Waals surface area contributed by atoms with E-state index in [1.165, 1.54) is 5.56 Å². The first kappa shape index (κ1) is 26.4. The number of piperazine rings is 1. The van der Waals surface area contributed by atoms with Crippen molar-refractivity contribution in [1.29, 1.82) is 0 Å². The number of aliphatic imine (C=N–C) groups is 1. The molecule has 2 aromatic rings. The number of amides is 1. The minimum atomic E-state index is -0.326. The Kier molecular flexibility index (Phi) is 10.6. The molecule has 2 aromatic carbocycles. The van der Waals surface area contributed by atoms with Crippen LogP contribution in [0, 0.1) is 0 Å². The molecular weight excluding hydrogens is 541 g/mol. The fourth-order valence-corrected chi connectivity index (χ4v) is 4.31. The second-order valence-corrected chi connectivity index (χ2v) is 8.61. The summed E-state index contributed by atoms with van der Waals surface area (Å²) in [6.07, 6.45) is 1.41. The van der Waals surface area contributed by atoms with Gasteiger partial charge in [-0.3, -0.25) is 9.69 Å². The number of benzene rings is 2. The summed E-state index contributed by atoms with van der Waals surface area (Å²) in [5.41, 5.74) is 3.22. The topological polar surface area (TPSA) is 69.2 Å². The lowest BCUT2D eigenvalue weighted by Crippen LogP contribution is -2.52. The maximum atomic E-state index is 12.3. The molecular formula is C26H36IN5O2. The molecule has 0 aliphatic carbocycles. The van der Waals surface area contributed by atoms with Crippen molar-refractivity contribution in [2.24, 2.45) is 4.99 Å². The third-order valence-corrected chi connectivity index (χ3v) is 6.08. The van der Waals surface area contributed by atoms with Crippen LogP contribution in [0.5, 0.6) is 0 Å². The Morgan fingerprint density at radius 1 is 1.06 bits per heavy atom. The number of carbonyl (C=O) groups excluding carboxylic acids is 1. The van der Waals surface area contributed by atoms with E-state index in [4.69, 9.17) is 9.73 Å². The predicted molar refractivity (Wildman–Crippen MR) is 148 cm³/mol. The third kappa shape index (κ3) is 7.68. The normalized spacial score (nSPS) is 18.9. The standard InChI is InChI=1S/C26H35N5O2.HI/c1-2-27-26(31-15-13-30(14-16-31)20-21-8-4-3-5-9-21)28-19-22-10-6-11-23(18-22)29-25(32)24-12-7-17-33-24;/h3-6,8-11,18,24H,2,7,12-17,19-20H2,1H3,(H,27,28)(H,29,32);1H. The highest BCUT2D eigenvalue weighted by Crippen LogP contribution is 2.17. The van der Waals surface area contributed by atoms with E-state index in [-0.39, 0.29) is 36.0 Å². The van der Waals surface area contributed by atoms with Crippen molar-refractivity contribution in [2.75, 3.05) is 44.6 Å². The van der Waals surface area contributed by atoms with Crippen molar-refractivity contribution in [2.45, 2.75) is 39.0 Å². The van der Waals surface area contributed by atoms with Crippen LogP contribution in [-0.2, 0) is 22.6 Å². The summed E-state index contributed by atoms with van der Waals surface area (Å²) in [5, 5.41) is 6.42. The van der Waals surface area contributed by atoms with Gasteiger partial charge in [0.05, 0.1) is 6.54 Å². The van der Waals surface area contributed by atoms with Gasteiger partial charge in [0.15, 0.2) is 5.96 Å². The molecule has 0 radical (unpaired) electrons. The first-order chi connectivity index (χ1) is 16.2. The number of guanidine groups is 1. The average molecular weight is 578 g/mol. The van der Waals surface area contributed by atoms with Gasteiger partial charge in [0.1, 0.15) is 6.10 Å². The van der Waals surface area contributed by atoms with Crippen LogP contribution in [0.4, 0.5) is 5.69 Å². The summed E-state index contributed by atoms with van der Waals surface area (Å²) in [7, 11) is 0. The lowest BCUT2D eigenvalue weighted by molar-refractivity contribution is -0.124. The van der Waals surface area contributed by atoms with Crippen LogP contribution < -0.4 is 10.6 Å². The van der Waals surface area contributed by atoms with E-state index in [9.17, 15) is 4.79 Å². The molecule has 34 heavy (non-hydrogen) atoms. The average Bonchev–Trinajstić information content (AvgIpc) is 3.39. The maximum absolute atomic E-state index is 12.3. The van der Waals surface area contributed by atoms with E-state index in [2.05, 4.69) is 57.7 Å². The van der Waals surface area contributed by atoms with Gasteiger partial charge in [-0.25, -0.2) is 4.99 Å². The molecule has 0 saturated carbocycles. The highest BCUT2D eigenvalue weighted by Gasteiger charge is 2.23. The van der Waals surface area contributed by atoms with E-state index >= 15 is 0 Å². The molecule has 1 amide bonds. The lowest BCUT2D eigenvalue weighted by Gasteiger charge is -2.36. The van der Waals surface area contributed by atoms with E-state index < -0.39 is 0 Å². The molecule has 2 saturated heterocycles. The molecule has 8 heteroatoms. The van der Waals surface area contributed by atoms with E-state index in [0.29, 0.717) is 13.2 Å². The molecule has 2 N–H and O–H groups in total. The molecule has 2 aliphatic heterocycles. The third-order valence-electron chi connectivity index (χ3n) is 6.08. The van der Waals surface area contributed by atoms with Gasteiger partial charge in [-0.1, -0.05) is 42.5 Å². The maximum Gasteiger partial charge on any atom is 0.253 e. The van der Waals surface area contributed by atoms with Gasteiger partial charge in [-0.05, 0) is 43.0 Å². The Morgan fingerprint density at radius 3 is 2.53 bits per heavy atom. The summed E-state index contributed by atoms with van der Waals surface area (Å²) >= 11 is 0. The fourth-order valence-electron chi connectivity index (χ4n) is 4.31. The molecule has 1 atom stereocenters. The van der Waals surface area contributed by atoms with Crippen molar-refractivity contribution in [3.8, 4) is 0 Å². The van der Waals surface area contributed by atoms with Gasteiger partial charge in [0.2, 0.25) is 0 Å². The van der Waals surface area contributed by atoms with Gasteiger partial charge in [0, 0.05) is 51.6 Å². The van der Waals surface area contributed by atoms with Crippen molar-refractivity contribution in [1.82, 2.24) is 15.1 Å². The first-order valence-electron chi connectivity index (χ1n) is 12.0. The number of hydrogen-bond acceptors (Lipinski definition) is 4. The number of nitrogens with one attached hydrogen (secondary N) is 2. The van der Waals surface area contributed by atoms with Crippen molar-refractivity contribution in [3.05, 3.63) is 65.7 Å². The second kappa shape index (κ2) is 13.7. The minimum Gasteiger partial charge on any atom is -0.368 e. The summed E-state index contributed by atoms with van der Waals surface area (Å²) in [6.45, 7) is 9.10. The Labute approximate surface area is 220 Å². The van der Waals surface area contributed by atoms with Crippen LogP contribution in [0.3, 0.4) is 0 Å². The quantitative estimate of drug-likeness (QED) is 0.299. The Balaban J connectivity index is 0.00000324. The molecule has 1 unspecified atom stereocenters. The first-order valence-corrected chi connectivity index (χ1v) is 12.0. The largest absolute Gasteiger partial charge is 0.368 e. The van der Waals surface area contributed by atoms with E-state index in [1.807, 2.05) is 24.3 Å². The van der Waals surface area contributed by atoms with Gasteiger partial charge >= 0.3 is 0 Å². The van der Waals surface area contributed by atoms with Gasteiger partial charge in [0.25, 0.3) is 5.91 Å². The smallest absolute Gasteiger partial charge is 0.253 e. The number of nitrogens with zero attached hydrogens (tertiary/aromatic N) is 3. The lowest BCUT2D eigenvalue weighted by atomic mass is 10.2. The molecule has 0 aromatic heterocycles. The van der Waals surface area contributed by atoms with Crippen LogP contribution >= 0.6 is 24.0 Å². The highest BCUT2D eigenvalue weighted by atomic mass is 127. The molecule has 2 heterocycles. The number of anilines is 1. The van der Waals surface area contributed by atoms with Gasteiger partial charge < -0.3 is 20.3 Å². The van der Waals surface area contributed by atoms with Gasteiger partial charge in [-0.15, -0.1) is 24.0 Å². The summed E-state index contributed by atoms with van der Waals surface area (Å²) < 4.78 is 5.48. The second-order valence-electron chi connectivity index (χ2n) is 8.61. The Morgan fingerprint density at radius 2 is 1.82 bits per heavy atom. The monoisotopic (exact) mass is 577 g/mol. The summed E-state index contributed by atoms with van der Waals surface area (Å²) in [5.74, 6) is 0.889. The SMILES string of the molecule is CCNC(=NCc1cccc(NC(=O)C2CCCO2)c1)N1CCN(Cc2ccccc2)CC1.I. The molecule has 0 spiro atoms. The Hall–Kier alpha value is -2.17. The molecule has 0 bridgehead atoms. The molecule has 4 rings (SSSR count). The van der Waals surface area contributed by atoms with Crippen molar-refractivity contribution in [3.63, 3.8) is 0 Å².